The van der Waals surface area contributed by atoms with Crippen LogP contribution in [-0.2, 0) is 22.6 Å². The molecule has 5 heteroatoms. The molecule has 0 N–H and O–H groups in total. The molecule has 158 valence electrons. The van der Waals surface area contributed by atoms with Crippen molar-refractivity contribution in [3.63, 3.8) is 0 Å². The van der Waals surface area contributed by atoms with Crippen molar-refractivity contribution >= 4 is 5.91 Å². The Morgan fingerprint density at radius 3 is 2.80 bits per heavy atom. The molecule has 1 spiro atoms. The molecule has 1 aliphatic heterocycles. The Bertz CT molecular complexity index is 927. The molecule has 2 heterocycles. The van der Waals surface area contributed by atoms with Gasteiger partial charge in [-0.05, 0) is 37.2 Å². The number of carbonyl (C=O) groups is 1. The maximum absolute atomic E-state index is 12.5. The van der Waals surface area contributed by atoms with E-state index in [9.17, 15) is 4.79 Å². The van der Waals surface area contributed by atoms with Gasteiger partial charge in [-0.1, -0.05) is 54.2 Å². The van der Waals surface area contributed by atoms with E-state index < -0.39 is 0 Å². The van der Waals surface area contributed by atoms with Crippen molar-refractivity contribution < 1.29 is 14.1 Å². The van der Waals surface area contributed by atoms with Gasteiger partial charge in [0.15, 0.2) is 0 Å². The topological polar surface area (TPSA) is 55.6 Å². The summed E-state index contributed by atoms with van der Waals surface area (Å²) in [5, 5.41) is 4.31. The average Bonchev–Trinajstić information content (AvgIpc) is 3.35. The van der Waals surface area contributed by atoms with Gasteiger partial charge >= 0.3 is 0 Å². The third-order valence-electron chi connectivity index (χ3n) is 6.52. The molecule has 5 nitrogen and oxygen atoms in total. The van der Waals surface area contributed by atoms with E-state index >= 15 is 0 Å². The first kappa shape index (κ1) is 20.5. The minimum atomic E-state index is -0.0497. The molecule has 2 fully saturated rings. The molecule has 2 aliphatic rings. The number of rotatable bonds is 7. The van der Waals surface area contributed by atoms with E-state index in [1.54, 1.807) is 6.92 Å². The Morgan fingerprint density at radius 2 is 2.13 bits per heavy atom. The molecule has 1 amide bonds. The summed E-state index contributed by atoms with van der Waals surface area (Å²) in [6, 6.07) is 12.1. The zero-order valence-electron chi connectivity index (χ0n) is 17.8. The number of allylic oxidation sites excluding steroid dienone is 2. The molecule has 30 heavy (non-hydrogen) atoms. The standard InChI is InChI=1S/C25H30N2O3/c1-4-5-11-21-14-23(26-30-21)24-15-25(12-13-25)22(16-27(24)19(3)28)18(2)29-17-20-9-7-6-8-10-20/h4-10,14,22,24H,2,11-13,15-17H2,1,3H3/b5-4+/t22-,24+/m1/s1. The first-order valence-corrected chi connectivity index (χ1v) is 10.7. The van der Waals surface area contributed by atoms with Crippen molar-refractivity contribution in [2.45, 2.75) is 52.2 Å². The van der Waals surface area contributed by atoms with Crippen LogP contribution in [0.15, 0.2) is 65.4 Å². The largest absolute Gasteiger partial charge is 0.493 e. The van der Waals surface area contributed by atoms with Crippen molar-refractivity contribution in [3.8, 4) is 0 Å². The average molecular weight is 407 g/mol. The molecule has 2 aromatic rings. The lowest BCUT2D eigenvalue weighted by atomic mass is 9.77. The summed E-state index contributed by atoms with van der Waals surface area (Å²) >= 11 is 0. The molecule has 1 aliphatic carbocycles. The van der Waals surface area contributed by atoms with Gasteiger partial charge in [-0.25, -0.2) is 0 Å². The number of carbonyl (C=O) groups excluding carboxylic acids is 1. The molecule has 4 rings (SSSR count). The van der Waals surface area contributed by atoms with Gasteiger partial charge in [-0.15, -0.1) is 0 Å². The van der Waals surface area contributed by atoms with Crippen molar-refractivity contribution in [2.24, 2.45) is 11.3 Å². The van der Waals surface area contributed by atoms with Crippen LogP contribution >= 0.6 is 0 Å². The Labute approximate surface area is 178 Å². The van der Waals surface area contributed by atoms with Gasteiger partial charge in [0.25, 0.3) is 0 Å². The second-order valence-electron chi connectivity index (χ2n) is 8.54. The van der Waals surface area contributed by atoms with Crippen molar-refractivity contribution in [3.05, 3.63) is 77.9 Å². The molecular formula is C25H30N2O3. The van der Waals surface area contributed by atoms with Gasteiger partial charge in [-0.3, -0.25) is 4.79 Å². The van der Waals surface area contributed by atoms with Gasteiger partial charge in [0.05, 0.1) is 11.8 Å². The smallest absolute Gasteiger partial charge is 0.220 e. The fourth-order valence-corrected chi connectivity index (χ4v) is 4.59. The van der Waals surface area contributed by atoms with E-state index in [1.807, 2.05) is 48.2 Å². The third kappa shape index (κ3) is 4.20. The van der Waals surface area contributed by atoms with Crippen LogP contribution in [0.2, 0.25) is 0 Å². The highest BCUT2D eigenvalue weighted by molar-refractivity contribution is 5.74. The first-order valence-electron chi connectivity index (χ1n) is 10.7. The lowest BCUT2D eigenvalue weighted by molar-refractivity contribution is -0.136. The Morgan fingerprint density at radius 1 is 1.37 bits per heavy atom. The van der Waals surface area contributed by atoms with E-state index in [4.69, 9.17) is 9.26 Å². The summed E-state index contributed by atoms with van der Waals surface area (Å²) in [6.07, 6.45) is 7.90. The minimum absolute atomic E-state index is 0.0497. The van der Waals surface area contributed by atoms with Gasteiger partial charge < -0.3 is 14.2 Å². The fourth-order valence-electron chi connectivity index (χ4n) is 4.59. The fraction of sp³-hybridized carbons (Fsp3) is 0.440. The number of hydrogen-bond donors (Lipinski definition) is 0. The number of nitrogens with zero attached hydrogens (tertiary/aromatic N) is 2. The molecule has 2 atom stereocenters. The van der Waals surface area contributed by atoms with E-state index in [2.05, 4.69) is 23.9 Å². The number of amides is 1. The summed E-state index contributed by atoms with van der Waals surface area (Å²) in [5.41, 5.74) is 2.12. The highest BCUT2D eigenvalue weighted by atomic mass is 16.5. The van der Waals surface area contributed by atoms with Crippen molar-refractivity contribution in [1.82, 2.24) is 10.1 Å². The Balaban J connectivity index is 1.49. The van der Waals surface area contributed by atoms with E-state index in [-0.39, 0.29) is 23.3 Å². The van der Waals surface area contributed by atoms with Crippen LogP contribution in [0.4, 0.5) is 0 Å². The van der Waals surface area contributed by atoms with Gasteiger partial charge in [0.1, 0.15) is 18.1 Å². The second-order valence-corrected chi connectivity index (χ2v) is 8.54. The van der Waals surface area contributed by atoms with Crippen LogP contribution in [0.25, 0.3) is 0 Å². The number of hydrogen-bond acceptors (Lipinski definition) is 4. The number of aromatic nitrogens is 1. The summed E-state index contributed by atoms with van der Waals surface area (Å²) in [7, 11) is 0. The van der Waals surface area contributed by atoms with Crippen LogP contribution in [0.5, 0.6) is 0 Å². The molecule has 1 saturated heterocycles. The van der Waals surface area contributed by atoms with E-state index in [0.717, 1.165) is 42.0 Å². The van der Waals surface area contributed by atoms with Crippen LogP contribution in [0.3, 0.4) is 0 Å². The zero-order valence-corrected chi connectivity index (χ0v) is 17.8. The lowest BCUT2D eigenvalue weighted by Crippen LogP contribution is -2.46. The number of benzene rings is 1. The maximum atomic E-state index is 12.5. The summed E-state index contributed by atoms with van der Waals surface area (Å²) < 4.78 is 11.6. The third-order valence-corrected chi connectivity index (χ3v) is 6.52. The predicted octanol–water partition coefficient (Wildman–Crippen LogP) is 5.21. The number of ether oxygens (including phenoxy) is 1. The second kappa shape index (κ2) is 8.50. The van der Waals surface area contributed by atoms with Crippen molar-refractivity contribution in [2.75, 3.05) is 6.54 Å². The number of piperidine rings is 1. The monoisotopic (exact) mass is 406 g/mol. The Kier molecular flexibility index (Phi) is 5.80. The molecule has 0 unspecified atom stereocenters. The molecule has 1 saturated carbocycles. The van der Waals surface area contributed by atoms with Crippen LogP contribution in [0, 0.1) is 11.3 Å². The van der Waals surface area contributed by atoms with Crippen LogP contribution in [0.1, 0.15) is 56.2 Å². The molecule has 1 aromatic heterocycles. The van der Waals surface area contributed by atoms with Crippen molar-refractivity contribution in [1.29, 1.82) is 0 Å². The first-order chi connectivity index (χ1) is 14.5. The molecule has 1 aromatic carbocycles. The maximum Gasteiger partial charge on any atom is 0.220 e. The van der Waals surface area contributed by atoms with E-state index in [0.29, 0.717) is 19.6 Å². The summed E-state index contributed by atoms with van der Waals surface area (Å²) in [6.45, 7) is 8.99. The molecular weight excluding hydrogens is 376 g/mol. The Hall–Kier alpha value is -2.82. The normalized spacial score (nSPS) is 22.4. The lowest BCUT2D eigenvalue weighted by Gasteiger charge is -2.44. The van der Waals surface area contributed by atoms with Crippen LogP contribution in [-0.4, -0.2) is 22.5 Å². The number of likely N-dealkylation sites (tertiary alicyclic amines) is 1. The van der Waals surface area contributed by atoms with Crippen LogP contribution < -0.4 is 0 Å². The van der Waals surface area contributed by atoms with Gasteiger partial charge in [0.2, 0.25) is 5.91 Å². The van der Waals surface area contributed by atoms with E-state index in [1.165, 1.54) is 0 Å². The quantitative estimate of drug-likeness (QED) is 0.468. The highest BCUT2D eigenvalue weighted by Crippen LogP contribution is 2.62. The van der Waals surface area contributed by atoms with Gasteiger partial charge in [-0.2, -0.15) is 0 Å². The SMILES string of the molecule is C=C(OCc1ccccc1)[C@H]1CN(C(C)=O)[C@H](c2cc(C/C=C/C)on2)CC12CC2. The summed E-state index contributed by atoms with van der Waals surface area (Å²) in [4.78, 5) is 14.4. The minimum Gasteiger partial charge on any atom is -0.493 e. The zero-order chi connectivity index (χ0) is 21.1. The van der Waals surface area contributed by atoms with Gasteiger partial charge in [0, 0.05) is 31.9 Å². The highest BCUT2D eigenvalue weighted by Gasteiger charge is 2.57. The summed E-state index contributed by atoms with van der Waals surface area (Å²) in [5.74, 6) is 1.81. The predicted molar refractivity (Wildman–Crippen MR) is 115 cm³/mol. The molecule has 0 bridgehead atoms. The molecule has 0 radical (unpaired) electrons.